The van der Waals surface area contributed by atoms with Crippen LogP contribution in [0.25, 0.3) is 10.2 Å². The van der Waals surface area contributed by atoms with Crippen LogP contribution in [0.4, 0.5) is 5.69 Å². The zero-order valence-electron chi connectivity index (χ0n) is 18.4. The number of thiophene rings is 1. The first-order chi connectivity index (χ1) is 15.2. The van der Waals surface area contributed by atoms with Crippen molar-refractivity contribution < 1.29 is 17.9 Å². The van der Waals surface area contributed by atoms with E-state index in [0.29, 0.717) is 29.2 Å². The first kappa shape index (κ1) is 22.7. The number of benzene rings is 1. The van der Waals surface area contributed by atoms with E-state index in [1.54, 1.807) is 46.8 Å². The van der Waals surface area contributed by atoms with Gasteiger partial charge in [0.15, 0.2) is 0 Å². The van der Waals surface area contributed by atoms with Gasteiger partial charge >= 0.3 is 0 Å². The number of nitrogens with one attached hydrogen (secondary N) is 1. The van der Waals surface area contributed by atoms with Crippen molar-refractivity contribution in [1.29, 1.82) is 0 Å². The largest absolute Gasteiger partial charge is 0.355 e. The summed E-state index contributed by atoms with van der Waals surface area (Å²) < 4.78 is 35.1. The minimum absolute atomic E-state index is 0.126. The number of hydrogen-bond donors (Lipinski definition) is 1. The monoisotopic (exact) mass is 473 g/mol. The van der Waals surface area contributed by atoms with Crippen LogP contribution < -0.4 is 4.72 Å². The van der Waals surface area contributed by atoms with Crippen LogP contribution in [0, 0.1) is 5.92 Å². The van der Waals surface area contributed by atoms with Crippen LogP contribution in [0.15, 0.2) is 52.9 Å². The van der Waals surface area contributed by atoms with Crippen LogP contribution in [0.5, 0.6) is 0 Å². The fourth-order valence-corrected chi connectivity index (χ4v) is 6.50. The smallest absolute Gasteiger partial charge is 0.264 e. The second-order valence-electron chi connectivity index (χ2n) is 8.77. The summed E-state index contributed by atoms with van der Waals surface area (Å²) in [4.78, 5) is 18.9. The lowest BCUT2D eigenvalue weighted by atomic mass is 9.90. The van der Waals surface area contributed by atoms with Gasteiger partial charge < -0.3 is 9.64 Å². The first-order valence-corrected chi connectivity index (χ1v) is 12.9. The molecule has 3 heterocycles. The van der Waals surface area contributed by atoms with E-state index in [0.717, 1.165) is 17.5 Å². The Kier molecular flexibility index (Phi) is 6.24. The Labute approximate surface area is 192 Å². The van der Waals surface area contributed by atoms with E-state index >= 15 is 0 Å². The van der Waals surface area contributed by atoms with E-state index in [2.05, 4.69) is 30.5 Å². The van der Waals surface area contributed by atoms with Gasteiger partial charge in [-0.2, -0.15) is 0 Å². The molecule has 1 N–H and O–H groups in total. The molecule has 170 valence electrons. The lowest BCUT2D eigenvalue weighted by Crippen LogP contribution is -2.47. The van der Waals surface area contributed by atoms with Crippen molar-refractivity contribution in [2.24, 2.45) is 5.92 Å². The van der Waals surface area contributed by atoms with Crippen molar-refractivity contribution in [3.05, 3.63) is 53.5 Å². The van der Waals surface area contributed by atoms with Crippen LogP contribution in [0.1, 0.15) is 44.0 Å². The highest BCUT2D eigenvalue weighted by atomic mass is 32.2. The number of hydrogen-bond acceptors (Lipinski definition) is 6. The van der Waals surface area contributed by atoms with Gasteiger partial charge in [-0.1, -0.05) is 13.8 Å². The average Bonchev–Trinajstić information content (AvgIpc) is 3.18. The molecule has 1 aliphatic rings. The van der Waals surface area contributed by atoms with Crippen molar-refractivity contribution in [1.82, 2.24) is 9.88 Å². The number of carbonyl (C=O) groups excluding carboxylic acids is 1. The highest BCUT2D eigenvalue weighted by Crippen LogP contribution is 2.30. The number of anilines is 1. The molecule has 0 spiro atoms. The van der Waals surface area contributed by atoms with Crippen LogP contribution in [-0.4, -0.2) is 43.1 Å². The summed E-state index contributed by atoms with van der Waals surface area (Å²) in [6.45, 7) is 7.32. The predicted octanol–water partition coefficient (Wildman–Crippen LogP) is 4.72. The van der Waals surface area contributed by atoms with Gasteiger partial charge in [-0.15, -0.1) is 11.3 Å². The quantitative estimate of drug-likeness (QED) is 0.560. The van der Waals surface area contributed by atoms with Crippen molar-refractivity contribution in [3.63, 3.8) is 0 Å². The molecule has 0 bridgehead atoms. The number of sulfonamides is 1. The fourth-order valence-electron chi connectivity index (χ4n) is 4.03. The van der Waals surface area contributed by atoms with E-state index in [1.165, 1.54) is 11.3 Å². The highest BCUT2D eigenvalue weighted by Gasteiger charge is 2.33. The number of carbonyl (C=O) groups is 1. The lowest BCUT2D eigenvalue weighted by molar-refractivity contribution is -0.124. The maximum atomic E-state index is 12.9. The Morgan fingerprint density at radius 2 is 2.03 bits per heavy atom. The minimum atomic E-state index is -3.79. The zero-order chi connectivity index (χ0) is 22.9. The number of amides is 1. The second-order valence-corrected chi connectivity index (χ2v) is 11.3. The van der Waals surface area contributed by atoms with Crippen LogP contribution >= 0.6 is 11.3 Å². The van der Waals surface area contributed by atoms with Gasteiger partial charge in [0.25, 0.3) is 15.9 Å². The summed E-state index contributed by atoms with van der Waals surface area (Å²) in [7, 11) is -3.79. The maximum Gasteiger partial charge on any atom is 0.264 e. The fraction of sp³-hybridized carbons (Fsp3) is 0.391. The van der Waals surface area contributed by atoms with Crippen LogP contribution in [0.2, 0.25) is 0 Å². The molecule has 1 atom stereocenters. The third-order valence-corrected chi connectivity index (χ3v) is 8.06. The Balaban J connectivity index is 1.43. The SMILES string of the molecule is CC(C)CC1(C)CCN(C(=O)c2ccc(NS(=O)(=O)c3csc4cccnc34)cc2)CO1. The summed E-state index contributed by atoms with van der Waals surface area (Å²) in [6, 6.07) is 10.1. The molecule has 7 nitrogen and oxygen atoms in total. The Bertz CT molecular complexity index is 1210. The molecule has 32 heavy (non-hydrogen) atoms. The van der Waals surface area contributed by atoms with Gasteiger partial charge in [0.1, 0.15) is 17.1 Å². The van der Waals surface area contributed by atoms with Gasteiger partial charge in [-0.25, -0.2) is 8.42 Å². The molecular formula is C23H27N3O4S2. The number of pyridine rings is 1. The Hall–Kier alpha value is -2.49. The molecule has 3 aromatic rings. The maximum absolute atomic E-state index is 12.9. The first-order valence-electron chi connectivity index (χ1n) is 10.6. The van der Waals surface area contributed by atoms with Crippen molar-refractivity contribution >= 4 is 43.2 Å². The zero-order valence-corrected chi connectivity index (χ0v) is 20.0. The predicted molar refractivity (Wildman–Crippen MR) is 126 cm³/mol. The third-order valence-electron chi connectivity index (χ3n) is 5.58. The number of aromatic nitrogens is 1. The van der Waals surface area contributed by atoms with E-state index in [4.69, 9.17) is 4.74 Å². The molecule has 0 radical (unpaired) electrons. The topological polar surface area (TPSA) is 88.6 Å². The molecule has 2 aromatic heterocycles. The second kappa shape index (κ2) is 8.80. The van der Waals surface area contributed by atoms with Gasteiger partial charge in [0.2, 0.25) is 0 Å². The van der Waals surface area contributed by atoms with E-state index in [9.17, 15) is 13.2 Å². The molecule has 1 amide bonds. The molecule has 1 unspecified atom stereocenters. The van der Waals surface area contributed by atoms with Gasteiger partial charge in [0.05, 0.1) is 10.3 Å². The number of nitrogens with zero attached hydrogens (tertiary/aromatic N) is 2. The molecule has 1 fully saturated rings. The molecule has 9 heteroatoms. The van der Waals surface area contributed by atoms with Gasteiger partial charge in [-0.3, -0.25) is 14.5 Å². The summed E-state index contributed by atoms with van der Waals surface area (Å²) >= 11 is 1.33. The van der Waals surface area contributed by atoms with Crippen molar-refractivity contribution in [3.8, 4) is 0 Å². The van der Waals surface area contributed by atoms with Gasteiger partial charge in [-0.05, 0) is 62.1 Å². The molecule has 1 aromatic carbocycles. The Morgan fingerprint density at radius 1 is 1.28 bits per heavy atom. The van der Waals surface area contributed by atoms with E-state index in [1.807, 2.05) is 6.07 Å². The third kappa shape index (κ3) is 4.79. The number of ether oxygens (including phenoxy) is 1. The van der Waals surface area contributed by atoms with Crippen LogP contribution in [-0.2, 0) is 14.8 Å². The number of rotatable bonds is 6. The summed E-state index contributed by atoms with van der Waals surface area (Å²) in [5.41, 5.74) is 1.13. The van der Waals surface area contributed by atoms with Crippen molar-refractivity contribution in [2.75, 3.05) is 18.0 Å². The summed E-state index contributed by atoms with van der Waals surface area (Å²) in [5.74, 6) is 0.403. The average molecular weight is 474 g/mol. The van der Waals surface area contributed by atoms with E-state index in [-0.39, 0.29) is 23.1 Å². The molecule has 1 aliphatic heterocycles. The molecule has 1 saturated heterocycles. The normalized spacial score (nSPS) is 19.4. The van der Waals surface area contributed by atoms with E-state index < -0.39 is 10.0 Å². The number of fused-ring (bicyclic) bond motifs is 1. The highest BCUT2D eigenvalue weighted by molar-refractivity contribution is 7.93. The minimum Gasteiger partial charge on any atom is -0.355 e. The standard InChI is InChI=1S/C23H27N3O4S2/c1-16(2)13-23(3)10-12-26(15-30-23)22(27)17-6-8-18(9-7-17)25-32(28,29)20-14-31-19-5-4-11-24-21(19)20/h4-9,11,14,16,25H,10,12-13,15H2,1-3H3. The van der Waals surface area contributed by atoms with Crippen LogP contribution in [0.3, 0.4) is 0 Å². The molecule has 0 aliphatic carbocycles. The Morgan fingerprint density at radius 3 is 2.69 bits per heavy atom. The molecule has 0 saturated carbocycles. The van der Waals surface area contributed by atoms with Gasteiger partial charge in [0, 0.05) is 29.4 Å². The van der Waals surface area contributed by atoms with Crippen molar-refractivity contribution in [2.45, 2.75) is 44.1 Å². The summed E-state index contributed by atoms with van der Waals surface area (Å²) in [5, 5.41) is 1.58. The summed E-state index contributed by atoms with van der Waals surface area (Å²) in [6.07, 6.45) is 3.32. The lowest BCUT2D eigenvalue weighted by Gasteiger charge is -2.40. The molecule has 4 rings (SSSR count). The molecular weight excluding hydrogens is 446 g/mol.